The number of hydrogen-bond donors (Lipinski definition) is 1. The lowest BCUT2D eigenvalue weighted by Crippen LogP contribution is -2.26. The Morgan fingerprint density at radius 3 is 1.83 bits per heavy atom. The third-order valence-electron chi connectivity index (χ3n) is 2.17. The summed E-state index contributed by atoms with van der Waals surface area (Å²) in [5, 5.41) is 9.52. The van der Waals surface area contributed by atoms with E-state index in [1.165, 1.54) is 0 Å². The fraction of sp³-hybridized carbons (Fsp3) is 0.200. The molecule has 94 valence electrons. The second-order valence-electron chi connectivity index (χ2n) is 4.44. The predicted molar refractivity (Wildman–Crippen MR) is 69.9 cm³/mol. The van der Waals surface area contributed by atoms with Gasteiger partial charge < -0.3 is 14.6 Å². The highest BCUT2D eigenvalue weighted by atomic mass is 16.6. The van der Waals surface area contributed by atoms with Crippen LogP contribution in [0.1, 0.15) is 13.8 Å². The molecule has 0 aromatic heterocycles. The lowest BCUT2D eigenvalue weighted by atomic mass is 10.3. The van der Waals surface area contributed by atoms with Gasteiger partial charge in [-0.25, -0.2) is 0 Å². The number of aliphatic hydroxyl groups is 1. The predicted octanol–water partition coefficient (Wildman–Crippen LogP) is 3.59. The molecule has 0 unspecified atom stereocenters. The maximum absolute atomic E-state index is 9.52. The minimum atomic E-state index is -1.18. The summed E-state index contributed by atoms with van der Waals surface area (Å²) >= 11 is 0. The molecular weight excluding hydrogens is 228 g/mol. The van der Waals surface area contributed by atoms with E-state index in [0.29, 0.717) is 5.75 Å². The second kappa shape index (κ2) is 5.10. The van der Waals surface area contributed by atoms with Gasteiger partial charge in [0, 0.05) is 13.8 Å². The second-order valence-corrected chi connectivity index (χ2v) is 4.44. The fourth-order valence-electron chi connectivity index (χ4n) is 1.49. The van der Waals surface area contributed by atoms with Crippen LogP contribution in [0, 0.1) is 0 Å². The van der Waals surface area contributed by atoms with Gasteiger partial charge in [0.05, 0.1) is 0 Å². The zero-order chi connectivity index (χ0) is 13.0. The molecule has 0 saturated heterocycles. The molecule has 0 heterocycles. The molecule has 2 rings (SSSR count). The Morgan fingerprint density at radius 1 is 0.778 bits per heavy atom. The molecule has 0 fully saturated rings. The van der Waals surface area contributed by atoms with Crippen molar-refractivity contribution in [2.24, 2.45) is 0 Å². The average molecular weight is 244 g/mol. The summed E-state index contributed by atoms with van der Waals surface area (Å²) in [5.74, 6) is 0.933. The maximum atomic E-state index is 9.52. The number of hydrogen-bond acceptors (Lipinski definition) is 3. The molecule has 0 bridgehead atoms. The lowest BCUT2D eigenvalue weighted by molar-refractivity contribution is -0.104. The van der Waals surface area contributed by atoms with Gasteiger partial charge in [-0.1, -0.05) is 18.2 Å². The number of benzene rings is 2. The standard InChI is InChI=1S/C15H16O3/c1-15(2,16)18-14-10-8-13(9-11-14)17-12-6-4-3-5-7-12/h3-11,16H,1-2H3. The van der Waals surface area contributed by atoms with Crippen LogP contribution in [-0.4, -0.2) is 10.9 Å². The summed E-state index contributed by atoms with van der Waals surface area (Å²) in [6, 6.07) is 16.7. The van der Waals surface area contributed by atoms with Gasteiger partial charge in [0.15, 0.2) is 0 Å². The van der Waals surface area contributed by atoms with Crippen molar-refractivity contribution in [2.75, 3.05) is 0 Å². The number of ether oxygens (including phenoxy) is 2. The summed E-state index contributed by atoms with van der Waals surface area (Å²) in [6.45, 7) is 3.17. The molecule has 0 saturated carbocycles. The van der Waals surface area contributed by atoms with E-state index in [0.717, 1.165) is 11.5 Å². The van der Waals surface area contributed by atoms with Crippen molar-refractivity contribution in [1.82, 2.24) is 0 Å². The molecule has 0 amide bonds. The Bertz CT molecular complexity index is 483. The molecule has 3 nitrogen and oxygen atoms in total. The maximum Gasteiger partial charge on any atom is 0.202 e. The van der Waals surface area contributed by atoms with Gasteiger partial charge in [-0.15, -0.1) is 0 Å². The minimum absolute atomic E-state index is 0.600. The van der Waals surface area contributed by atoms with Gasteiger partial charge in [0.1, 0.15) is 17.2 Å². The zero-order valence-electron chi connectivity index (χ0n) is 10.5. The van der Waals surface area contributed by atoms with Crippen molar-refractivity contribution >= 4 is 0 Å². The zero-order valence-corrected chi connectivity index (χ0v) is 10.5. The van der Waals surface area contributed by atoms with Gasteiger partial charge >= 0.3 is 0 Å². The molecule has 1 N–H and O–H groups in total. The van der Waals surface area contributed by atoms with Crippen molar-refractivity contribution in [3.63, 3.8) is 0 Å². The van der Waals surface area contributed by atoms with E-state index < -0.39 is 5.79 Å². The van der Waals surface area contributed by atoms with Crippen molar-refractivity contribution in [3.8, 4) is 17.2 Å². The minimum Gasteiger partial charge on any atom is -0.463 e. The molecule has 0 atom stereocenters. The van der Waals surface area contributed by atoms with E-state index >= 15 is 0 Å². The van der Waals surface area contributed by atoms with Crippen LogP contribution in [0.25, 0.3) is 0 Å². The Labute approximate surface area is 107 Å². The molecule has 2 aromatic carbocycles. The SMILES string of the molecule is CC(C)(O)Oc1ccc(Oc2ccccc2)cc1. The van der Waals surface area contributed by atoms with E-state index in [2.05, 4.69) is 0 Å². The molecule has 0 radical (unpaired) electrons. The largest absolute Gasteiger partial charge is 0.463 e. The highest BCUT2D eigenvalue weighted by Crippen LogP contribution is 2.24. The monoisotopic (exact) mass is 244 g/mol. The van der Waals surface area contributed by atoms with Crippen LogP contribution in [0.4, 0.5) is 0 Å². The molecule has 0 aliphatic carbocycles. The summed E-state index contributed by atoms with van der Waals surface area (Å²) in [7, 11) is 0. The van der Waals surface area contributed by atoms with Crippen LogP contribution in [0.3, 0.4) is 0 Å². The summed E-state index contributed by atoms with van der Waals surface area (Å²) in [4.78, 5) is 0. The third-order valence-corrected chi connectivity index (χ3v) is 2.17. The first-order chi connectivity index (χ1) is 8.53. The molecule has 0 aliphatic heterocycles. The van der Waals surface area contributed by atoms with Crippen molar-refractivity contribution < 1.29 is 14.6 Å². The molecule has 0 aliphatic rings. The number of para-hydroxylation sites is 1. The van der Waals surface area contributed by atoms with Gasteiger partial charge in [-0.3, -0.25) is 0 Å². The Balaban J connectivity index is 2.04. The van der Waals surface area contributed by atoms with E-state index in [4.69, 9.17) is 9.47 Å². The van der Waals surface area contributed by atoms with Crippen molar-refractivity contribution in [2.45, 2.75) is 19.6 Å². The lowest BCUT2D eigenvalue weighted by Gasteiger charge is -2.19. The molecule has 0 spiro atoms. The highest BCUT2D eigenvalue weighted by Gasteiger charge is 2.13. The van der Waals surface area contributed by atoms with Gasteiger partial charge in [0.25, 0.3) is 0 Å². The summed E-state index contributed by atoms with van der Waals surface area (Å²) in [6.07, 6.45) is 0. The van der Waals surface area contributed by atoms with Crippen LogP contribution in [0.2, 0.25) is 0 Å². The van der Waals surface area contributed by atoms with E-state index in [9.17, 15) is 5.11 Å². The third kappa shape index (κ3) is 3.79. The van der Waals surface area contributed by atoms with Crippen LogP contribution in [0.15, 0.2) is 54.6 Å². The number of rotatable bonds is 4. The van der Waals surface area contributed by atoms with Crippen LogP contribution in [-0.2, 0) is 0 Å². The fourth-order valence-corrected chi connectivity index (χ4v) is 1.49. The van der Waals surface area contributed by atoms with Crippen LogP contribution >= 0.6 is 0 Å². The highest BCUT2D eigenvalue weighted by molar-refractivity contribution is 5.35. The van der Waals surface area contributed by atoms with Crippen LogP contribution < -0.4 is 9.47 Å². The Morgan fingerprint density at radius 2 is 1.28 bits per heavy atom. The average Bonchev–Trinajstić information content (AvgIpc) is 2.31. The van der Waals surface area contributed by atoms with E-state index in [1.807, 2.05) is 30.3 Å². The topological polar surface area (TPSA) is 38.7 Å². The first-order valence-electron chi connectivity index (χ1n) is 5.77. The van der Waals surface area contributed by atoms with Gasteiger partial charge in [-0.05, 0) is 36.4 Å². The van der Waals surface area contributed by atoms with E-state index in [1.54, 1.807) is 38.1 Å². The Hall–Kier alpha value is -2.00. The molecule has 2 aromatic rings. The molecule has 3 heteroatoms. The van der Waals surface area contributed by atoms with Gasteiger partial charge in [-0.2, -0.15) is 0 Å². The normalized spacial score (nSPS) is 11.1. The van der Waals surface area contributed by atoms with Crippen molar-refractivity contribution in [3.05, 3.63) is 54.6 Å². The Kier molecular flexibility index (Phi) is 3.53. The van der Waals surface area contributed by atoms with E-state index in [-0.39, 0.29) is 0 Å². The molecular formula is C15H16O3. The first-order valence-corrected chi connectivity index (χ1v) is 5.77. The quantitative estimate of drug-likeness (QED) is 0.835. The summed E-state index contributed by atoms with van der Waals surface area (Å²) in [5.41, 5.74) is 0. The summed E-state index contributed by atoms with van der Waals surface area (Å²) < 4.78 is 11.0. The van der Waals surface area contributed by atoms with Crippen LogP contribution in [0.5, 0.6) is 17.2 Å². The van der Waals surface area contributed by atoms with Crippen molar-refractivity contribution in [1.29, 1.82) is 0 Å². The van der Waals surface area contributed by atoms with Gasteiger partial charge in [0.2, 0.25) is 5.79 Å². The molecule has 18 heavy (non-hydrogen) atoms. The first kappa shape index (κ1) is 12.5. The smallest absolute Gasteiger partial charge is 0.202 e.